The zero-order chi connectivity index (χ0) is 12.1. The van der Waals surface area contributed by atoms with Gasteiger partial charge < -0.3 is 4.90 Å². The Balaban J connectivity index is 2.75. The van der Waals surface area contributed by atoms with Crippen LogP contribution in [0.25, 0.3) is 0 Å². The van der Waals surface area contributed by atoms with E-state index >= 15 is 0 Å². The number of hydrogen-bond acceptors (Lipinski definition) is 3. The lowest BCUT2D eigenvalue weighted by Gasteiger charge is -2.38. The lowest BCUT2D eigenvalue weighted by atomic mass is 10.1. The summed E-state index contributed by atoms with van der Waals surface area (Å²) in [4.78, 5) is 2.41. The molecule has 16 heavy (non-hydrogen) atoms. The molecular formula is C11H14BrNO2S. The van der Waals surface area contributed by atoms with Crippen molar-refractivity contribution in [1.29, 1.82) is 0 Å². The van der Waals surface area contributed by atoms with Gasteiger partial charge in [0.1, 0.15) is 0 Å². The van der Waals surface area contributed by atoms with Gasteiger partial charge in [0, 0.05) is 18.1 Å². The second-order valence-corrected chi connectivity index (χ2v) is 8.20. The van der Waals surface area contributed by atoms with Crippen molar-refractivity contribution in [2.24, 2.45) is 0 Å². The van der Waals surface area contributed by atoms with Crippen LogP contribution in [0.4, 0.5) is 5.69 Å². The van der Waals surface area contributed by atoms with Crippen LogP contribution in [0.5, 0.6) is 0 Å². The molecule has 0 amide bonds. The molecular weight excluding hydrogens is 290 g/mol. The fourth-order valence-electron chi connectivity index (χ4n) is 2.06. The summed E-state index contributed by atoms with van der Waals surface area (Å²) in [6, 6.07) is 5.29. The molecule has 2 rings (SSSR count). The first kappa shape index (κ1) is 11.9. The minimum Gasteiger partial charge on any atom is -0.372 e. The van der Waals surface area contributed by atoms with Gasteiger partial charge in [-0.05, 0) is 32.0 Å². The van der Waals surface area contributed by atoms with Gasteiger partial charge in [0.2, 0.25) is 0 Å². The molecule has 1 heterocycles. The summed E-state index contributed by atoms with van der Waals surface area (Å²) in [5, 5.41) is 0. The lowest BCUT2D eigenvalue weighted by Crippen LogP contribution is -2.47. The number of hydrogen-bond donors (Lipinski definition) is 0. The molecule has 0 radical (unpaired) electrons. The summed E-state index contributed by atoms with van der Waals surface area (Å²) in [5.74, 6) is 0. The van der Waals surface area contributed by atoms with E-state index < -0.39 is 14.6 Å². The van der Waals surface area contributed by atoms with Gasteiger partial charge in [-0.1, -0.05) is 15.9 Å². The van der Waals surface area contributed by atoms with Crippen molar-refractivity contribution >= 4 is 31.5 Å². The first-order chi connectivity index (χ1) is 7.25. The van der Waals surface area contributed by atoms with E-state index in [-0.39, 0.29) is 0 Å². The van der Waals surface area contributed by atoms with Gasteiger partial charge in [0.25, 0.3) is 0 Å². The van der Waals surface area contributed by atoms with Gasteiger partial charge >= 0.3 is 0 Å². The highest BCUT2D eigenvalue weighted by Crippen LogP contribution is 2.39. The first-order valence-electron chi connectivity index (χ1n) is 5.01. The van der Waals surface area contributed by atoms with Gasteiger partial charge in [-0.3, -0.25) is 0 Å². The predicted molar refractivity (Wildman–Crippen MR) is 68.7 cm³/mol. The number of anilines is 1. The fraction of sp³-hybridized carbons (Fsp3) is 0.455. The molecule has 5 heteroatoms. The van der Waals surface area contributed by atoms with E-state index in [4.69, 9.17) is 0 Å². The van der Waals surface area contributed by atoms with Gasteiger partial charge in [-0.2, -0.15) is 0 Å². The smallest absolute Gasteiger partial charge is 0.187 e. The summed E-state index contributed by atoms with van der Waals surface area (Å²) in [7, 11) is -1.31. The molecule has 88 valence electrons. The third-order valence-corrected chi connectivity index (χ3v) is 5.97. The molecule has 0 fully saturated rings. The zero-order valence-electron chi connectivity index (χ0n) is 9.49. The van der Waals surface area contributed by atoms with E-state index in [0.717, 1.165) is 10.2 Å². The molecule has 0 N–H and O–H groups in total. The van der Waals surface area contributed by atoms with E-state index in [1.54, 1.807) is 26.0 Å². The molecule has 0 aromatic heterocycles. The maximum atomic E-state index is 12.3. The van der Waals surface area contributed by atoms with Crippen LogP contribution in [0.1, 0.15) is 13.8 Å². The number of sulfone groups is 1. The Kier molecular flexibility index (Phi) is 2.58. The van der Waals surface area contributed by atoms with Crippen molar-refractivity contribution in [1.82, 2.24) is 0 Å². The van der Waals surface area contributed by atoms with Crippen LogP contribution in [0.15, 0.2) is 27.6 Å². The van der Waals surface area contributed by atoms with Gasteiger partial charge in [0.05, 0.1) is 15.3 Å². The Labute approximate surface area is 105 Å². The average Bonchev–Trinajstić information content (AvgIpc) is 2.14. The molecule has 0 saturated carbocycles. The summed E-state index contributed by atoms with van der Waals surface area (Å²) in [6.07, 6.45) is 0. The highest BCUT2D eigenvalue weighted by molar-refractivity contribution is 9.10. The van der Waals surface area contributed by atoms with Crippen LogP contribution in [-0.2, 0) is 9.84 Å². The standard InChI is InChI=1S/C11H14BrNO2S/c1-11(2)7-13(3)9-6-8(12)4-5-10(9)16(11,14)15/h4-6H,7H2,1-3H3. The van der Waals surface area contributed by atoms with E-state index in [2.05, 4.69) is 15.9 Å². The lowest BCUT2D eigenvalue weighted by molar-refractivity contribution is 0.534. The van der Waals surface area contributed by atoms with E-state index in [1.807, 2.05) is 18.0 Å². The number of fused-ring (bicyclic) bond motifs is 1. The molecule has 1 aliphatic rings. The number of nitrogens with zero attached hydrogens (tertiary/aromatic N) is 1. The van der Waals surface area contributed by atoms with Crippen LogP contribution in [-0.4, -0.2) is 26.8 Å². The Morgan fingerprint density at radius 1 is 1.38 bits per heavy atom. The van der Waals surface area contributed by atoms with Crippen molar-refractivity contribution in [3.63, 3.8) is 0 Å². The normalized spacial score (nSPS) is 21.6. The van der Waals surface area contributed by atoms with Crippen LogP contribution >= 0.6 is 15.9 Å². The molecule has 1 aromatic rings. The largest absolute Gasteiger partial charge is 0.372 e. The zero-order valence-corrected chi connectivity index (χ0v) is 11.9. The van der Waals surface area contributed by atoms with Crippen LogP contribution in [0.3, 0.4) is 0 Å². The molecule has 1 aliphatic heterocycles. The van der Waals surface area contributed by atoms with Crippen LogP contribution in [0.2, 0.25) is 0 Å². The van der Waals surface area contributed by atoms with E-state index in [1.165, 1.54) is 0 Å². The SMILES string of the molecule is CN1CC(C)(C)S(=O)(=O)c2ccc(Br)cc21. The molecule has 0 unspecified atom stereocenters. The second-order valence-electron chi connectivity index (χ2n) is 4.73. The quantitative estimate of drug-likeness (QED) is 0.739. The molecule has 1 aromatic carbocycles. The number of rotatable bonds is 0. The van der Waals surface area contributed by atoms with Gasteiger partial charge in [-0.25, -0.2) is 8.42 Å². The highest BCUT2D eigenvalue weighted by atomic mass is 79.9. The molecule has 0 bridgehead atoms. The summed E-state index contributed by atoms with van der Waals surface area (Å²) < 4.78 is 24.8. The van der Waals surface area contributed by atoms with Crippen molar-refractivity contribution in [3.05, 3.63) is 22.7 Å². The second kappa shape index (κ2) is 3.47. The van der Waals surface area contributed by atoms with Crippen molar-refractivity contribution < 1.29 is 8.42 Å². The maximum Gasteiger partial charge on any atom is 0.187 e. The molecule has 0 spiro atoms. The number of halogens is 1. The fourth-order valence-corrected chi connectivity index (χ4v) is 4.10. The summed E-state index contributed by atoms with van der Waals surface area (Å²) in [5.41, 5.74) is 0.772. The Morgan fingerprint density at radius 3 is 2.62 bits per heavy atom. The molecule has 0 saturated heterocycles. The minimum absolute atomic E-state index is 0.425. The van der Waals surface area contributed by atoms with Gasteiger partial charge in [-0.15, -0.1) is 0 Å². The Hall–Kier alpha value is -0.550. The van der Waals surface area contributed by atoms with Gasteiger partial charge in [0.15, 0.2) is 9.84 Å². The van der Waals surface area contributed by atoms with E-state index in [0.29, 0.717) is 11.4 Å². The first-order valence-corrected chi connectivity index (χ1v) is 7.29. The Morgan fingerprint density at radius 2 is 2.00 bits per heavy atom. The van der Waals surface area contributed by atoms with Crippen molar-refractivity contribution in [2.75, 3.05) is 18.5 Å². The van der Waals surface area contributed by atoms with Crippen molar-refractivity contribution in [3.8, 4) is 0 Å². The minimum atomic E-state index is -3.23. The van der Waals surface area contributed by atoms with E-state index in [9.17, 15) is 8.42 Å². The average molecular weight is 304 g/mol. The molecule has 0 aliphatic carbocycles. The molecule has 3 nitrogen and oxygen atoms in total. The maximum absolute atomic E-state index is 12.3. The topological polar surface area (TPSA) is 37.4 Å². The van der Waals surface area contributed by atoms with Crippen molar-refractivity contribution in [2.45, 2.75) is 23.5 Å². The molecule has 0 atom stereocenters. The summed E-state index contributed by atoms with van der Waals surface area (Å²) in [6.45, 7) is 4.05. The third kappa shape index (κ3) is 1.57. The third-order valence-electron chi connectivity index (χ3n) is 2.97. The van der Waals surface area contributed by atoms with Crippen LogP contribution in [0, 0.1) is 0 Å². The summed E-state index contributed by atoms with van der Waals surface area (Å²) >= 11 is 3.36. The van der Waals surface area contributed by atoms with Crippen LogP contribution < -0.4 is 4.90 Å². The highest BCUT2D eigenvalue weighted by Gasteiger charge is 2.42. The predicted octanol–water partition coefficient (Wildman–Crippen LogP) is 2.45. The monoisotopic (exact) mass is 303 g/mol. The Bertz CT molecular complexity index is 537. The number of benzene rings is 1.